The van der Waals surface area contributed by atoms with E-state index in [4.69, 9.17) is 17.3 Å². The highest BCUT2D eigenvalue weighted by Gasteiger charge is 2.18. The van der Waals surface area contributed by atoms with Crippen LogP contribution in [0.2, 0.25) is 5.02 Å². The van der Waals surface area contributed by atoms with E-state index in [2.05, 4.69) is 15.9 Å². The van der Waals surface area contributed by atoms with Crippen molar-refractivity contribution in [3.05, 3.63) is 73.2 Å². The van der Waals surface area contributed by atoms with Crippen LogP contribution in [0.1, 0.15) is 17.2 Å². The van der Waals surface area contributed by atoms with Crippen LogP contribution in [0.15, 0.2) is 46.9 Å². The summed E-state index contributed by atoms with van der Waals surface area (Å²) in [6.07, 6.45) is 0.354. The molecule has 6 heteroatoms. The van der Waals surface area contributed by atoms with E-state index >= 15 is 0 Å². The molecule has 0 aliphatic heterocycles. The molecule has 2 aromatic rings. The highest BCUT2D eigenvalue weighted by Crippen LogP contribution is 2.29. The number of nitro groups is 1. The first-order valence-electron chi connectivity index (χ1n) is 5.92. The molecule has 0 bridgehead atoms. The molecule has 0 heterocycles. The fourth-order valence-corrected chi connectivity index (χ4v) is 2.64. The molecule has 0 aromatic heterocycles. The van der Waals surface area contributed by atoms with Crippen LogP contribution in [0.4, 0.5) is 5.69 Å². The summed E-state index contributed by atoms with van der Waals surface area (Å²) in [5.41, 5.74) is 7.58. The van der Waals surface area contributed by atoms with E-state index in [-0.39, 0.29) is 5.69 Å². The second-order valence-corrected chi connectivity index (χ2v) is 5.69. The molecule has 0 spiro atoms. The predicted octanol–water partition coefficient (Wildman–Crippen LogP) is 4.25. The Kier molecular flexibility index (Phi) is 4.75. The highest BCUT2D eigenvalue weighted by molar-refractivity contribution is 9.10. The van der Waals surface area contributed by atoms with E-state index in [1.165, 1.54) is 6.07 Å². The number of halogens is 2. The summed E-state index contributed by atoms with van der Waals surface area (Å²) >= 11 is 9.49. The van der Waals surface area contributed by atoms with Crippen molar-refractivity contribution in [2.24, 2.45) is 5.73 Å². The van der Waals surface area contributed by atoms with Crippen molar-refractivity contribution in [2.75, 3.05) is 0 Å². The quantitative estimate of drug-likeness (QED) is 0.658. The topological polar surface area (TPSA) is 69.2 Å². The maximum absolute atomic E-state index is 11.0. The molecule has 0 radical (unpaired) electrons. The summed E-state index contributed by atoms with van der Waals surface area (Å²) in [6, 6.07) is 11.6. The molecule has 0 aliphatic carbocycles. The van der Waals surface area contributed by atoms with E-state index in [0.717, 1.165) is 10.0 Å². The lowest BCUT2D eigenvalue weighted by molar-refractivity contribution is -0.385. The maximum atomic E-state index is 11.0. The molecule has 20 heavy (non-hydrogen) atoms. The number of nitrogens with two attached hydrogens (primary N) is 1. The first-order chi connectivity index (χ1) is 9.49. The van der Waals surface area contributed by atoms with Crippen LogP contribution >= 0.6 is 27.5 Å². The number of para-hydroxylation sites is 1. The van der Waals surface area contributed by atoms with E-state index in [0.29, 0.717) is 17.0 Å². The van der Waals surface area contributed by atoms with Gasteiger partial charge in [0.2, 0.25) is 0 Å². The summed E-state index contributed by atoms with van der Waals surface area (Å²) in [5, 5.41) is 11.5. The molecular weight excluding hydrogens is 344 g/mol. The van der Waals surface area contributed by atoms with Crippen molar-refractivity contribution < 1.29 is 4.92 Å². The Hall–Kier alpha value is -1.43. The van der Waals surface area contributed by atoms with Gasteiger partial charge in [-0.2, -0.15) is 0 Å². The number of benzene rings is 2. The third-order valence-corrected chi connectivity index (χ3v) is 3.82. The average molecular weight is 356 g/mol. The van der Waals surface area contributed by atoms with Crippen LogP contribution in [0, 0.1) is 10.1 Å². The van der Waals surface area contributed by atoms with Crippen molar-refractivity contribution in [3.63, 3.8) is 0 Å². The van der Waals surface area contributed by atoms with E-state index < -0.39 is 11.0 Å². The van der Waals surface area contributed by atoms with E-state index in [1.807, 2.05) is 12.1 Å². The number of nitro benzene ring substituents is 1. The van der Waals surface area contributed by atoms with Crippen LogP contribution in [-0.2, 0) is 6.42 Å². The van der Waals surface area contributed by atoms with E-state index in [1.54, 1.807) is 24.3 Å². The zero-order chi connectivity index (χ0) is 14.7. The molecule has 104 valence electrons. The number of nitrogens with zero attached hydrogens (tertiary/aromatic N) is 1. The Bertz CT molecular complexity index is 649. The van der Waals surface area contributed by atoms with Gasteiger partial charge in [-0.1, -0.05) is 45.7 Å². The minimum absolute atomic E-state index is 0.0778. The molecule has 0 amide bonds. The van der Waals surface area contributed by atoms with Gasteiger partial charge in [-0.3, -0.25) is 10.1 Å². The highest BCUT2D eigenvalue weighted by atomic mass is 79.9. The van der Waals surface area contributed by atoms with Crippen molar-refractivity contribution in [1.29, 1.82) is 0 Å². The van der Waals surface area contributed by atoms with Gasteiger partial charge in [0.25, 0.3) is 5.69 Å². The predicted molar refractivity (Wildman–Crippen MR) is 82.9 cm³/mol. The normalized spacial score (nSPS) is 12.2. The SMILES string of the molecule is NC(Cc1ccccc1[N+](=O)[O-])c1cc(Br)ccc1Cl. The Morgan fingerprint density at radius 2 is 2.00 bits per heavy atom. The molecule has 0 aliphatic rings. The summed E-state index contributed by atoms with van der Waals surface area (Å²) in [7, 11) is 0. The monoisotopic (exact) mass is 354 g/mol. The van der Waals surface area contributed by atoms with Gasteiger partial charge in [-0.05, 0) is 30.2 Å². The minimum atomic E-state index is -0.402. The van der Waals surface area contributed by atoms with Crippen LogP contribution < -0.4 is 5.73 Å². The van der Waals surface area contributed by atoms with Gasteiger partial charge < -0.3 is 5.73 Å². The van der Waals surface area contributed by atoms with Crippen molar-refractivity contribution >= 4 is 33.2 Å². The molecule has 2 N–H and O–H groups in total. The summed E-state index contributed by atoms with van der Waals surface area (Å²) < 4.78 is 0.870. The average Bonchev–Trinajstić information content (AvgIpc) is 2.41. The molecular formula is C14H12BrClN2O2. The van der Waals surface area contributed by atoms with Gasteiger partial charge in [0.05, 0.1) is 4.92 Å². The summed E-state index contributed by atoms with van der Waals surface area (Å²) in [4.78, 5) is 10.6. The molecule has 0 saturated heterocycles. The Balaban J connectivity index is 2.30. The third kappa shape index (κ3) is 3.36. The van der Waals surface area contributed by atoms with Crippen molar-refractivity contribution in [3.8, 4) is 0 Å². The fourth-order valence-electron chi connectivity index (χ4n) is 2.01. The van der Waals surface area contributed by atoms with Gasteiger partial charge >= 0.3 is 0 Å². The number of hydrogen-bond acceptors (Lipinski definition) is 3. The summed E-state index contributed by atoms with van der Waals surface area (Å²) in [6.45, 7) is 0. The van der Waals surface area contributed by atoms with Crippen LogP contribution in [0.25, 0.3) is 0 Å². The molecule has 4 nitrogen and oxygen atoms in total. The molecule has 1 atom stereocenters. The van der Waals surface area contributed by atoms with Crippen LogP contribution in [0.3, 0.4) is 0 Å². The first-order valence-corrected chi connectivity index (χ1v) is 7.09. The molecule has 1 unspecified atom stereocenters. The van der Waals surface area contributed by atoms with Gasteiger partial charge in [0.1, 0.15) is 0 Å². The molecule has 0 saturated carbocycles. The second kappa shape index (κ2) is 6.35. The van der Waals surface area contributed by atoms with Gasteiger partial charge in [-0.15, -0.1) is 0 Å². The van der Waals surface area contributed by atoms with Crippen molar-refractivity contribution in [2.45, 2.75) is 12.5 Å². The molecule has 2 rings (SSSR count). The largest absolute Gasteiger partial charge is 0.324 e. The Morgan fingerprint density at radius 1 is 1.30 bits per heavy atom. The van der Waals surface area contributed by atoms with E-state index in [9.17, 15) is 10.1 Å². The lowest BCUT2D eigenvalue weighted by Crippen LogP contribution is -2.14. The third-order valence-electron chi connectivity index (χ3n) is 2.99. The van der Waals surface area contributed by atoms with Gasteiger partial charge in [-0.25, -0.2) is 0 Å². The standard InChI is InChI=1S/C14H12BrClN2O2/c15-10-5-6-12(16)11(8-10)13(17)7-9-3-1-2-4-14(9)18(19)20/h1-6,8,13H,7,17H2. The Morgan fingerprint density at radius 3 is 2.70 bits per heavy atom. The van der Waals surface area contributed by atoms with Crippen molar-refractivity contribution in [1.82, 2.24) is 0 Å². The smallest absolute Gasteiger partial charge is 0.272 e. The van der Waals surface area contributed by atoms with Gasteiger partial charge in [0.15, 0.2) is 0 Å². The Labute approximate surface area is 129 Å². The zero-order valence-corrected chi connectivity index (χ0v) is 12.8. The fraction of sp³-hybridized carbons (Fsp3) is 0.143. The summed E-state index contributed by atoms with van der Waals surface area (Å²) in [5.74, 6) is 0. The first kappa shape index (κ1) is 15.0. The zero-order valence-electron chi connectivity index (χ0n) is 10.4. The van der Waals surface area contributed by atoms with Crippen LogP contribution in [0.5, 0.6) is 0 Å². The minimum Gasteiger partial charge on any atom is -0.324 e. The second-order valence-electron chi connectivity index (χ2n) is 4.36. The van der Waals surface area contributed by atoms with Gasteiger partial charge in [0, 0.05) is 27.2 Å². The number of rotatable bonds is 4. The molecule has 0 fully saturated rings. The molecule has 2 aromatic carbocycles. The lowest BCUT2D eigenvalue weighted by atomic mass is 9.98. The number of hydrogen-bond donors (Lipinski definition) is 1. The lowest BCUT2D eigenvalue weighted by Gasteiger charge is -2.14. The maximum Gasteiger partial charge on any atom is 0.272 e. The van der Waals surface area contributed by atoms with Crippen LogP contribution in [-0.4, -0.2) is 4.92 Å².